The molecule has 0 saturated carbocycles. The Morgan fingerprint density at radius 3 is 2.76 bits per heavy atom. The van der Waals surface area contributed by atoms with Crippen LogP contribution in [0.25, 0.3) is 0 Å². The molecule has 2 fully saturated rings. The number of carbonyl (C=O) groups excluding carboxylic acids is 1. The predicted octanol–water partition coefficient (Wildman–Crippen LogP) is 1.88. The predicted molar refractivity (Wildman–Crippen MR) is 78.1 cm³/mol. The van der Waals surface area contributed by atoms with Gasteiger partial charge in [-0.1, -0.05) is 0 Å². The Morgan fingerprint density at radius 2 is 2.10 bits per heavy atom. The van der Waals surface area contributed by atoms with Gasteiger partial charge >= 0.3 is 0 Å². The molecular weight excluding hydrogens is 268 g/mol. The maximum Gasteiger partial charge on any atom is 0.253 e. The maximum absolute atomic E-state index is 12.4. The Bertz CT molecular complexity index is 484. The Hall–Kier alpha value is -1.46. The highest BCUT2D eigenvalue weighted by Gasteiger charge is 2.41. The molecule has 1 unspecified atom stereocenters. The van der Waals surface area contributed by atoms with Crippen molar-refractivity contribution in [3.8, 4) is 0 Å². The minimum Gasteiger partial charge on any atom is -0.381 e. The molecule has 5 nitrogen and oxygen atoms in total. The van der Waals surface area contributed by atoms with Crippen molar-refractivity contribution in [2.45, 2.75) is 37.4 Å². The van der Waals surface area contributed by atoms with Crippen LogP contribution in [-0.2, 0) is 9.47 Å². The number of hydrogen-bond donors (Lipinski definition) is 0. The summed E-state index contributed by atoms with van der Waals surface area (Å²) in [6.45, 7) is 2.26. The molecule has 114 valence electrons. The Balaban J connectivity index is 1.61. The van der Waals surface area contributed by atoms with E-state index in [1.807, 2.05) is 4.90 Å². The first-order valence-electron chi connectivity index (χ1n) is 7.58. The molecule has 0 N–H and O–H groups in total. The van der Waals surface area contributed by atoms with Crippen molar-refractivity contribution in [1.29, 1.82) is 0 Å². The Kier molecular flexibility index (Phi) is 4.22. The zero-order valence-corrected chi connectivity index (χ0v) is 12.5. The van der Waals surface area contributed by atoms with E-state index < -0.39 is 0 Å². The van der Waals surface area contributed by atoms with Crippen molar-refractivity contribution in [1.82, 2.24) is 9.88 Å². The first-order chi connectivity index (χ1) is 10.2. The molecule has 3 heterocycles. The zero-order chi connectivity index (χ0) is 14.7. The minimum absolute atomic E-state index is 0.0892. The van der Waals surface area contributed by atoms with Crippen LogP contribution in [0.4, 0.5) is 0 Å². The number of amides is 1. The molecule has 1 amide bonds. The lowest BCUT2D eigenvalue weighted by molar-refractivity contribution is -0.146. The van der Waals surface area contributed by atoms with Gasteiger partial charge in [-0.2, -0.15) is 0 Å². The number of pyridine rings is 1. The molecule has 2 aliphatic rings. The van der Waals surface area contributed by atoms with Gasteiger partial charge in [-0.15, -0.1) is 0 Å². The van der Waals surface area contributed by atoms with Crippen LogP contribution in [0.5, 0.6) is 0 Å². The summed E-state index contributed by atoms with van der Waals surface area (Å²) in [4.78, 5) is 18.3. The van der Waals surface area contributed by atoms with Crippen molar-refractivity contribution >= 4 is 5.91 Å². The van der Waals surface area contributed by atoms with Gasteiger partial charge < -0.3 is 14.4 Å². The van der Waals surface area contributed by atoms with E-state index in [0.717, 1.165) is 45.4 Å². The van der Waals surface area contributed by atoms with E-state index in [1.54, 1.807) is 31.6 Å². The molecule has 2 aliphatic heterocycles. The summed E-state index contributed by atoms with van der Waals surface area (Å²) in [6.07, 6.45) is 7.31. The normalized spacial score (nSPS) is 25.0. The topological polar surface area (TPSA) is 51.7 Å². The van der Waals surface area contributed by atoms with Gasteiger partial charge in [0, 0.05) is 51.2 Å². The highest BCUT2D eigenvalue weighted by molar-refractivity contribution is 5.94. The van der Waals surface area contributed by atoms with Crippen molar-refractivity contribution in [3.63, 3.8) is 0 Å². The number of nitrogens with zero attached hydrogens (tertiary/aromatic N) is 2. The molecule has 0 radical (unpaired) electrons. The number of likely N-dealkylation sites (tertiary alicyclic amines) is 1. The third-order valence-electron chi connectivity index (χ3n) is 4.67. The zero-order valence-electron chi connectivity index (χ0n) is 12.5. The lowest BCUT2D eigenvalue weighted by Crippen LogP contribution is -2.51. The second kappa shape index (κ2) is 6.12. The smallest absolute Gasteiger partial charge is 0.253 e. The highest BCUT2D eigenvalue weighted by Crippen LogP contribution is 2.36. The van der Waals surface area contributed by atoms with Crippen molar-refractivity contribution in [3.05, 3.63) is 30.1 Å². The van der Waals surface area contributed by atoms with Crippen LogP contribution < -0.4 is 0 Å². The number of aromatic nitrogens is 1. The average molecular weight is 290 g/mol. The average Bonchev–Trinajstić information content (AvgIpc) is 2.56. The molecule has 0 aromatic carbocycles. The van der Waals surface area contributed by atoms with Gasteiger partial charge in [0.25, 0.3) is 5.91 Å². The third kappa shape index (κ3) is 3.09. The summed E-state index contributed by atoms with van der Waals surface area (Å²) in [6, 6.07) is 3.54. The summed E-state index contributed by atoms with van der Waals surface area (Å²) < 4.78 is 11.5. The van der Waals surface area contributed by atoms with Gasteiger partial charge in [-0.3, -0.25) is 9.78 Å². The SMILES string of the molecule is COC1CCOC2(CCN(C(=O)c3ccncc3)CC2)C1. The second-order valence-electron chi connectivity index (χ2n) is 5.91. The van der Waals surface area contributed by atoms with Gasteiger partial charge in [0.2, 0.25) is 0 Å². The third-order valence-corrected chi connectivity index (χ3v) is 4.67. The van der Waals surface area contributed by atoms with E-state index in [0.29, 0.717) is 11.7 Å². The van der Waals surface area contributed by atoms with Crippen LogP contribution in [0.1, 0.15) is 36.0 Å². The second-order valence-corrected chi connectivity index (χ2v) is 5.91. The van der Waals surface area contributed by atoms with Crippen LogP contribution in [0.2, 0.25) is 0 Å². The number of methoxy groups -OCH3 is 1. The summed E-state index contributed by atoms with van der Waals surface area (Å²) in [5.74, 6) is 0.0892. The van der Waals surface area contributed by atoms with Gasteiger partial charge in [0.15, 0.2) is 0 Å². The molecule has 1 spiro atoms. The number of ether oxygens (including phenoxy) is 2. The standard InChI is InChI=1S/C16H22N2O3/c1-20-14-4-11-21-16(12-14)5-9-18(10-6-16)15(19)13-2-7-17-8-3-13/h2-3,7-8,14H,4-6,9-12H2,1H3. The largest absolute Gasteiger partial charge is 0.381 e. The van der Waals surface area contributed by atoms with Gasteiger partial charge in [0.05, 0.1) is 11.7 Å². The molecule has 0 aliphatic carbocycles. The van der Waals surface area contributed by atoms with Crippen LogP contribution in [0.3, 0.4) is 0 Å². The molecule has 3 rings (SSSR count). The fourth-order valence-electron chi connectivity index (χ4n) is 3.33. The van der Waals surface area contributed by atoms with E-state index in [9.17, 15) is 4.79 Å². The molecule has 1 atom stereocenters. The van der Waals surface area contributed by atoms with E-state index in [2.05, 4.69) is 4.98 Å². The lowest BCUT2D eigenvalue weighted by atomic mass is 9.83. The number of carbonyl (C=O) groups is 1. The van der Waals surface area contributed by atoms with E-state index in [1.165, 1.54) is 0 Å². The maximum atomic E-state index is 12.4. The summed E-state index contributed by atoms with van der Waals surface area (Å²) >= 11 is 0. The first-order valence-corrected chi connectivity index (χ1v) is 7.58. The molecule has 0 bridgehead atoms. The number of piperidine rings is 1. The molecule has 21 heavy (non-hydrogen) atoms. The van der Waals surface area contributed by atoms with Crippen molar-refractivity contribution < 1.29 is 14.3 Å². The molecule has 1 aromatic heterocycles. The molecular formula is C16H22N2O3. The van der Waals surface area contributed by atoms with Crippen LogP contribution >= 0.6 is 0 Å². The summed E-state index contributed by atoms with van der Waals surface area (Å²) in [7, 11) is 1.77. The van der Waals surface area contributed by atoms with Crippen molar-refractivity contribution in [2.75, 3.05) is 26.8 Å². The van der Waals surface area contributed by atoms with E-state index >= 15 is 0 Å². The summed E-state index contributed by atoms with van der Waals surface area (Å²) in [5.41, 5.74) is 0.619. The van der Waals surface area contributed by atoms with Gasteiger partial charge in [-0.25, -0.2) is 0 Å². The highest BCUT2D eigenvalue weighted by atomic mass is 16.5. The van der Waals surface area contributed by atoms with Crippen LogP contribution in [-0.4, -0.2) is 54.3 Å². The number of hydrogen-bond acceptors (Lipinski definition) is 4. The molecule has 2 saturated heterocycles. The number of rotatable bonds is 2. The molecule has 1 aromatic rings. The van der Waals surface area contributed by atoms with Gasteiger partial charge in [-0.05, 0) is 31.4 Å². The fourth-order valence-corrected chi connectivity index (χ4v) is 3.33. The quantitative estimate of drug-likeness (QED) is 0.834. The van der Waals surface area contributed by atoms with E-state index in [-0.39, 0.29) is 11.5 Å². The van der Waals surface area contributed by atoms with E-state index in [4.69, 9.17) is 9.47 Å². The van der Waals surface area contributed by atoms with Crippen molar-refractivity contribution in [2.24, 2.45) is 0 Å². The molecule has 5 heteroatoms. The van der Waals surface area contributed by atoms with Gasteiger partial charge in [0.1, 0.15) is 0 Å². The first kappa shape index (κ1) is 14.5. The van der Waals surface area contributed by atoms with Crippen LogP contribution in [0, 0.1) is 0 Å². The van der Waals surface area contributed by atoms with Crippen LogP contribution in [0.15, 0.2) is 24.5 Å². The minimum atomic E-state index is -0.0893. The monoisotopic (exact) mass is 290 g/mol. The lowest BCUT2D eigenvalue weighted by Gasteiger charge is -2.45. The Morgan fingerprint density at radius 1 is 1.38 bits per heavy atom. The Labute approximate surface area is 125 Å². The fraction of sp³-hybridized carbons (Fsp3) is 0.625. The summed E-state index contributed by atoms with van der Waals surface area (Å²) in [5, 5.41) is 0.